The summed E-state index contributed by atoms with van der Waals surface area (Å²) in [6.45, 7) is 3.51. The number of carbonyl (C=O) groups is 2. The third-order valence-corrected chi connectivity index (χ3v) is 4.61. The van der Waals surface area contributed by atoms with Crippen LogP contribution in [0.4, 0.5) is 0 Å². The maximum atomic E-state index is 12.3. The Balaban J connectivity index is 1.52. The lowest BCUT2D eigenvalue weighted by atomic mass is 9.97. The second-order valence-electron chi connectivity index (χ2n) is 6.20. The Morgan fingerprint density at radius 2 is 2.17 bits per heavy atom. The summed E-state index contributed by atoms with van der Waals surface area (Å²) in [7, 11) is 0. The molecular weight excluding hydrogens is 290 g/mol. The number of piperidine rings is 1. The summed E-state index contributed by atoms with van der Waals surface area (Å²) in [5.74, 6) is 0.0488. The standard InChI is InChI=1S/C18H23N3O2/c1-13(22)21-10-4-5-15(12-21)18(23)19-9-8-14-11-20-17-7-3-2-6-16(14)17/h2-3,6-7,11,15,20H,4-5,8-10,12H2,1H3,(H,19,23). The smallest absolute Gasteiger partial charge is 0.224 e. The highest BCUT2D eigenvalue weighted by Gasteiger charge is 2.26. The van der Waals surface area contributed by atoms with E-state index in [9.17, 15) is 9.59 Å². The third-order valence-electron chi connectivity index (χ3n) is 4.61. The zero-order chi connectivity index (χ0) is 16.2. The highest BCUT2D eigenvalue weighted by Crippen LogP contribution is 2.19. The molecule has 0 saturated carbocycles. The summed E-state index contributed by atoms with van der Waals surface area (Å²) in [4.78, 5) is 28.8. The molecule has 1 aliphatic heterocycles. The van der Waals surface area contributed by atoms with Gasteiger partial charge in [0.1, 0.15) is 0 Å². The van der Waals surface area contributed by atoms with Crippen molar-refractivity contribution in [3.8, 4) is 0 Å². The van der Waals surface area contributed by atoms with Gasteiger partial charge in [0, 0.05) is 43.7 Å². The first-order valence-electron chi connectivity index (χ1n) is 8.23. The summed E-state index contributed by atoms with van der Waals surface area (Å²) in [5.41, 5.74) is 2.34. The number of carbonyl (C=O) groups excluding carboxylic acids is 2. The first kappa shape index (κ1) is 15.6. The molecule has 2 aromatic rings. The Labute approximate surface area is 136 Å². The topological polar surface area (TPSA) is 65.2 Å². The number of amides is 2. The molecule has 23 heavy (non-hydrogen) atoms. The summed E-state index contributed by atoms with van der Waals surface area (Å²) < 4.78 is 0. The number of hydrogen-bond acceptors (Lipinski definition) is 2. The molecule has 1 unspecified atom stereocenters. The molecule has 1 fully saturated rings. The fraction of sp³-hybridized carbons (Fsp3) is 0.444. The second kappa shape index (κ2) is 6.86. The van der Waals surface area contributed by atoms with Gasteiger partial charge in [-0.1, -0.05) is 18.2 Å². The van der Waals surface area contributed by atoms with Crippen LogP contribution in [0.15, 0.2) is 30.5 Å². The van der Waals surface area contributed by atoms with Crippen molar-refractivity contribution in [2.45, 2.75) is 26.2 Å². The van der Waals surface area contributed by atoms with E-state index >= 15 is 0 Å². The minimum Gasteiger partial charge on any atom is -0.361 e. The maximum absolute atomic E-state index is 12.3. The van der Waals surface area contributed by atoms with Gasteiger partial charge >= 0.3 is 0 Å². The molecule has 0 radical (unpaired) electrons. The van der Waals surface area contributed by atoms with Gasteiger partial charge in [0.2, 0.25) is 11.8 Å². The lowest BCUT2D eigenvalue weighted by molar-refractivity contribution is -0.133. The number of likely N-dealkylation sites (tertiary alicyclic amines) is 1. The van der Waals surface area contributed by atoms with E-state index in [0.29, 0.717) is 13.1 Å². The normalized spacial score (nSPS) is 18.1. The molecule has 0 aliphatic carbocycles. The van der Waals surface area contributed by atoms with Gasteiger partial charge in [-0.25, -0.2) is 0 Å². The lowest BCUT2D eigenvalue weighted by Crippen LogP contribution is -2.45. The van der Waals surface area contributed by atoms with E-state index in [4.69, 9.17) is 0 Å². The number of benzene rings is 1. The van der Waals surface area contributed by atoms with Crippen LogP contribution < -0.4 is 5.32 Å². The average Bonchev–Trinajstić information content (AvgIpc) is 2.98. The molecule has 1 atom stereocenters. The van der Waals surface area contributed by atoms with E-state index in [1.54, 1.807) is 11.8 Å². The van der Waals surface area contributed by atoms with Gasteiger partial charge in [0.15, 0.2) is 0 Å². The Kier molecular flexibility index (Phi) is 4.65. The van der Waals surface area contributed by atoms with Crippen LogP contribution in [0.3, 0.4) is 0 Å². The first-order chi connectivity index (χ1) is 11.1. The van der Waals surface area contributed by atoms with Crippen molar-refractivity contribution in [1.29, 1.82) is 0 Å². The summed E-state index contributed by atoms with van der Waals surface area (Å²) >= 11 is 0. The summed E-state index contributed by atoms with van der Waals surface area (Å²) in [6.07, 6.45) is 4.58. The largest absolute Gasteiger partial charge is 0.361 e. The molecule has 0 bridgehead atoms. The molecule has 1 saturated heterocycles. The first-order valence-corrected chi connectivity index (χ1v) is 8.23. The molecule has 5 nitrogen and oxygen atoms in total. The van der Waals surface area contributed by atoms with E-state index in [2.05, 4.69) is 22.4 Å². The van der Waals surface area contributed by atoms with Crippen molar-refractivity contribution >= 4 is 22.7 Å². The number of aromatic nitrogens is 1. The van der Waals surface area contributed by atoms with Crippen LogP contribution >= 0.6 is 0 Å². The molecule has 2 N–H and O–H groups in total. The SMILES string of the molecule is CC(=O)N1CCCC(C(=O)NCCc2c[nH]c3ccccc23)C1. The number of nitrogens with one attached hydrogen (secondary N) is 2. The molecule has 3 rings (SSSR count). The van der Waals surface area contributed by atoms with Crippen molar-refractivity contribution in [3.63, 3.8) is 0 Å². The van der Waals surface area contributed by atoms with Gasteiger partial charge in [-0.15, -0.1) is 0 Å². The Hall–Kier alpha value is -2.30. The lowest BCUT2D eigenvalue weighted by Gasteiger charge is -2.31. The zero-order valence-electron chi connectivity index (χ0n) is 13.5. The van der Waals surface area contributed by atoms with Crippen LogP contribution in [0.1, 0.15) is 25.3 Å². The molecule has 122 valence electrons. The summed E-state index contributed by atoms with van der Waals surface area (Å²) in [5, 5.41) is 4.23. The van der Waals surface area contributed by atoms with Gasteiger partial charge in [0.25, 0.3) is 0 Å². The molecule has 1 aromatic heterocycles. The molecule has 1 aliphatic rings. The molecule has 2 heterocycles. The van der Waals surface area contributed by atoms with Crippen molar-refractivity contribution in [3.05, 3.63) is 36.0 Å². The highest BCUT2D eigenvalue weighted by molar-refractivity contribution is 5.83. The van der Waals surface area contributed by atoms with Crippen molar-refractivity contribution < 1.29 is 9.59 Å². The minimum absolute atomic E-state index is 0.0568. The molecule has 0 spiro atoms. The van der Waals surface area contributed by atoms with Crippen molar-refractivity contribution in [2.24, 2.45) is 5.92 Å². The van der Waals surface area contributed by atoms with Gasteiger partial charge in [0.05, 0.1) is 5.92 Å². The third kappa shape index (κ3) is 3.55. The monoisotopic (exact) mass is 313 g/mol. The molecule has 5 heteroatoms. The van der Waals surface area contributed by atoms with Crippen LogP contribution in [-0.4, -0.2) is 41.3 Å². The Bertz CT molecular complexity index is 707. The zero-order valence-corrected chi connectivity index (χ0v) is 13.5. The quantitative estimate of drug-likeness (QED) is 0.907. The number of para-hydroxylation sites is 1. The van der Waals surface area contributed by atoms with Gasteiger partial charge < -0.3 is 15.2 Å². The number of rotatable bonds is 4. The highest BCUT2D eigenvalue weighted by atomic mass is 16.2. The number of nitrogens with zero attached hydrogens (tertiary/aromatic N) is 1. The van der Waals surface area contributed by atoms with E-state index in [0.717, 1.165) is 31.3 Å². The van der Waals surface area contributed by atoms with E-state index in [1.807, 2.05) is 18.3 Å². The van der Waals surface area contributed by atoms with Crippen molar-refractivity contribution in [2.75, 3.05) is 19.6 Å². The predicted molar refractivity (Wildman–Crippen MR) is 90.0 cm³/mol. The number of fused-ring (bicyclic) bond motifs is 1. The van der Waals surface area contributed by atoms with Gasteiger partial charge in [-0.05, 0) is 30.9 Å². The number of hydrogen-bond donors (Lipinski definition) is 2. The van der Waals surface area contributed by atoms with Crippen LogP contribution in [-0.2, 0) is 16.0 Å². The second-order valence-corrected chi connectivity index (χ2v) is 6.20. The van der Waals surface area contributed by atoms with Gasteiger partial charge in [-0.2, -0.15) is 0 Å². The number of H-pyrrole nitrogens is 1. The Morgan fingerprint density at radius 1 is 1.35 bits per heavy atom. The van der Waals surface area contributed by atoms with Crippen LogP contribution in [0, 0.1) is 5.92 Å². The van der Waals surface area contributed by atoms with Gasteiger partial charge in [-0.3, -0.25) is 9.59 Å². The number of aromatic amines is 1. The molecular formula is C18H23N3O2. The predicted octanol–water partition coefficient (Wildman–Crippen LogP) is 2.09. The van der Waals surface area contributed by atoms with Crippen LogP contribution in [0.2, 0.25) is 0 Å². The van der Waals surface area contributed by atoms with Crippen LogP contribution in [0.25, 0.3) is 10.9 Å². The molecule has 1 aromatic carbocycles. The van der Waals surface area contributed by atoms with Crippen LogP contribution in [0.5, 0.6) is 0 Å². The van der Waals surface area contributed by atoms with E-state index in [-0.39, 0.29) is 17.7 Å². The Morgan fingerprint density at radius 3 is 3.00 bits per heavy atom. The maximum Gasteiger partial charge on any atom is 0.224 e. The molecule has 2 amide bonds. The van der Waals surface area contributed by atoms with E-state index in [1.165, 1.54) is 10.9 Å². The fourth-order valence-electron chi connectivity index (χ4n) is 3.28. The fourth-order valence-corrected chi connectivity index (χ4v) is 3.28. The van der Waals surface area contributed by atoms with E-state index < -0.39 is 0 Å². The average molecular weight is 313 g/mol. The summed E-state index contributed by atoms with van der Waals surface area (Å²) in [6, 6.07) is 8.18. The van der Waals surface area contributed by atoms with Crippen molar-refractivity contribution in [1.82, 2.24) is 15.2 Å². The minimum atomic E-state index is -0.0735.